The highest BCUT2D eigenvalue weighted by Gasteiger charge is 2.09. The number of anilines is 1. The summed E-state index contributed by atoms with van der Waals surface area (Å²) in [5.74, 6) is 0.682. The Morgan fingerprint density at radius 2 is 1.89 bits per heavy atom. The predicted molar refractivity (Wildman–Crippen MR) is 77.5 cm³/mol. The molecule has 3 N–H and O–H groups in total. The van der Waals surface area contributed by atoms with E-state index in [1.165, 1.54) is 0 Å². The van der Waals surface area contributed by atoms with Gasteiger partial charge in [0.05, 0.1) is 0 Å². The van der Waals surface area contributed by atoms with Crippen molar-refractivity contribution in [3.63, 3.8) is 0 Å². The summed E-state index contributed by atoms with van der Waals surface area (Å²) in [6.07, 6.45) is -0.695. The predicted octanol–water partition coefficient (Wildman–Crippen LogP) is 3.34. The first-order valence-electron chi connectivity index (χ1n) is 5.98. The molecule has 0 bridgehead atoms. The minimum absolute atomic E-state index is 0.172. The monoisotopic (exact) mass is 277 g/mol. The van der Waals surface area contributed by atoms with Gasteiger partial charge in [0.2, 0.25) is 0 Å². The molecule has 0 aromatic heterocycles. The van der Waals surface area contributed by atoms with Crippen LogP contribution in [0.15, 0.2) is 42.5 Å². The Labute approximate surface area is 117 Å². The van der Waals surface area contributed by atoms with Gasteiger partial charge >= 0.3 is 0 Å². The molecular weight excluding hydrogens is 262 g/mol. The van der Waals surface area contributed by atoms with Gasteiger partial charge in [-0.25, -0.2) is 0 Å². The Morgan fingerprint density at radius 1 is 1.21 bits per heavy atom. The number of ether oxygens (including phenoxy) is 1. The van der Waals surface area contributed by atoms with Crippen LogP contribution in [-0.4, -0.2) is 11.7 Å². The molecular formula is C15H16ClNO2. The quantitative estimate of drug-likeness (QED) is 0.843. The van der Waals surface area contributed by atoms with Gasteiger partial charge in [-0.05, 0) is 42.3 Å². The topological polar surface area (TPSA) is 55.5 Å². The first-order valence-corrected chi connectivity index (χ1v) is 6.36. The molecule has 0 saturated heterocycles. The lowest BCUT2D eigenvalue weighted by Crippen LogP contribution is -2.10. The molecule has 0 aliphatic heterocycles. The number of aliphatic hydroxyl groups is 1. The fraction of sp³-hybridized carbons (Fsp3) is 0.200. The third kappa shape index (κ3) is 3.63. The van der Waals surface area contributed by atoms with E-state index in [4.69, 9.17) is 22.1 Å². The maximum absolute atomic E-state index is 10.0. The average Bonchev–Trinajstić information content (AvgIpc) is 2.40. The molecule has 0 aliphatic carbocycles. The highest BCUT2D eigenvalue weighted by atomic mass is 35.5. The summed E-state index contributed by atoms with van der Waals surface area (Å²) in [5.41, 5.74) is 8.02. The van der Waals surface area contributed by atoms with Crippen LogP contribution in [0.25, 0.3) is 0 Å². The Hall–Kier alpha value is -1.71. The largest absolute Gasteiger partial charge is 0.490 e. The zero-order valence-electron chi connectivity index (χ0n) is 10.6. The maximum Gasteiger partial charge on any atom is 0.123 e. The van der Waals surface area contributed by atoms with Crippen molar-refractivity contribution >= 4 is 17.3 Å². The molecule has 2 aromatic rings. The number of aryl methyl sites for hydroxylation is 1. The van der Waals surface area contributed by atoms with E-state index in [1.807, 2.05) is 13.0 Å². The third-order valence-electron chi connectivity index (χ3n) is 2.87. The number of hydrogen-bond donors (Lipinski definition) is 2. The van der Waals surface area contributed by atoms with Crippen molar-refractivity contribution in [2.24, 2.45) is 0 Å². The third-order valence-corrected chi connectivity index (χ3v) is 3.10. The van der Waals surface area contributed by atoms with Gasteiger partial charge in [-0.1, -0.05) is 29.8 Å². The van der Waals surface area contributed by atoms with Gasteiger partial charge in [0.1, 0.15) is 18.5 Å². The molecule has 0 aliphatic rings. The zero-order valence-corrected chi connectivity index (χ0v) is 11.4. The average molecular weight is 278 g/mol. The molecule has 19 heavy (non-hydrogen) atoms. The maximum atomic E-state index is 10.0. The second-order valence-electron chi connectivity index (χ2n) is 4.40. The van der Waals surface area contributed by atoms with E-state index in [0.29, 0.717) is 16.5 Å². The summed E-state index contributed by atoms with van der Waals surface area (Å²) < 4.78 is 5.60. The Bertz CT molecular complexity index is 555. The standard InChI is InChI=1S/C15H16ClNO2/c1-10-2-5-12(16)8-15(10)19-9-14(18)11-3-6-13(17)7-4-11/h2-8,14,18H,9,17H2,1H3. The van der Waals surface area contributed by atoms with Gasteiger partial charge in [0.15, 0.2) is 0 Å². The number of nitrogen functional groups attached to an aromatic ring is 1. The lowest BCUT2D eigenvalue weighted by Gasteiger charge is -2.14. The van der Waals surface area contributed by atoms with Crippen LogP contribution in [0.3, 0.4) is 0 Å². The van der Waals surface area contributed by atoms with E-state index >= 15 is 0 Å². The summed E-state index contributed by atoms with van der Waals surface area (Å²) in [7, 11) is 0. The Morgan fingerprint density at radius 3 is 2.58 bits per heavy atom. The fourth-order valence-corrected chi connectivity index (χ4v) is 1.87. The first-order chi connectivity index (χ1) is 9.06. The van der Waals surface area contributed by atoms with E-state index in [9.17, 15) is 5.11 Å². The van der Waals surface area contributed by atoms with Gasteiger partial charge < -0.3 is 15.6 Å². The van der Waals surface area contributed by atoms with Gasteiger partial charge in [-0.2, -0.15) is 0 Å². The molecule has 2 rings (SSSR count). The van der Waals surface area contributed by atoms with Crippen LogP contribution in [0.1, 0.15) is 17.2 Å². The number of hydrogen-bond acceptors (Lipinski definition) is 3. The lowest BCUT2D eigenvalue weighted by atomic mass is 10.1. The van der Waals surface area contributed by atoms with Crippen LogP contribution in [0.2, 0.25) is 5.02 Å². The first kappa shape index (κ1) is 13.7. The van der Waals surface area contributed by atoms with Gasteiger partial charge in [0, 0.05) is 10.7 Å². The SMILES string of the molecule is Cc1ccc(Cl)cc1OCC(O)c1ccc(N)cc1. The van der Waals surface area contributed by atoms with Crippen molar-refractivity contribution in [3.8, 4) is 5.75 Å². The molecule has 0 spiro atoms. The second-order valence-corrected chi connectivity index (χ2v) is 4.84. The lowest BCUT2D eigenvalue weighted by molar-refractivity contribution is 0.108. The molecule has 4 heteroatoms. The molecule has 3 nitrogen and oxygen atoms in total. The Balaban J connectivity index is 2.02. The van der Waals surface area contributed by atoms with Crippen LogP contribution in [-0.2, 0) is 0 Å². The van der Waals surface area contributed by atoms with E-state index in [1.54, 1.807) is 36.4 Å². The van der Waals surface area contributed by atoms with E-state index < -0.39 is 6.10 Å². The molecule has 1 atom stereocenters. The molecule has 0 fully saturated rings. The second kappa shape index (κ2) is 5.95. The summed E-state index contributed by atoms with van der Waals surface area (Å²) in [6.45, 7) is 2.10. The van der Waals surface area contributed by atoms with Crippen molar-refractivity contribution in [3.05, 3.63) is 58.6 Å². The summed E-state index contributed by atoms with van der Waals surface area (Å²) >= 11 is 5.91. The highest BCUT2D eigenvalue weighted by molar-refractivity contribution is 6.30. The summed E-state index contributed by atoms with van der Waals surface area (Å²) in [6, 6.07) is 12.5. The molecule has 0 amide bonds. The summed E-state index contributed by atoms with van der Waals surface area (Å²) in [4.78, 5) is 0. The number of benzene rings is 2. The number of nitrogens with two attached hydrogens (primary N) is 1. The Kier molecular flexibility index (Phi) is 4.30. The van der Waals surface area contributed by atoms with Crippen LogP contribution in [0.4, 0.5) is 5.69 Å². The molecule has 0 radical (unpaired) electrons. The van der Waals surface area contributed by atoms with Crippen molar-refractivity contribution in [2.45, 2.75) is 13.0 Å². The number of halogens is 1. The zero-order chi connectivity index (χ0) is 13.8. The molecule has 0 saturated carbocycles. The van der Waals surface area contributed by atoms with E-state index in [2.05, 4.69) is 0 Å². The molecule has 2 aromatic carbocycles. The molecule has 1 unspecified atom stereocenters. The van der Waals surface area contributed by atoms with E-state index in [0.717, 1.165) is 11.1 Å². The normalized spacial score (nSPS) is 12.2. The summed E-state index contributed by atoms with van der Waals surface area (Å²) in [5, 5.41) is 10.6. The minimum atomic E-state index is -0.695. The van der Waals surface area contributed by atoms with Crippen LogP contribution in [0.5, 0.6) is 5.75 Å². The van der Waals surface area contributed by atoms with Gasteiger partial charge in [0.25, 0.3) is 0 Å². The van der Waals surface area contributed by atoms with Crippen LogP contribution < -0.4 is 10.5 Å². The highest BCUT2D eigenvalue weighted by Crippen LogP contribution is 2.24. The van der Waals surface area contributed by atoms with Crippen LogP contribution in [0, 0.1) is 6.92 Å². The van der Waals surface area contributed by atoms with Crippen molar-refractivity contribution in [2.75, 3.05) is 12.3 Å². The smallest absolute Gasteiger partial charge is 0.123 e. The van der Waals surface area contributed by atoms with Gasteiger partial charge in [-0.15, -0.1) is 0 Å². The molecule has 0 heterocycles. The number of aliphatic hydroxyl groups excluding tert-OH is 1. The van der Waals surface area contributed by atoms with Crippen molar-refractivity contribution < 1.29 is 9.84 Å². The minimum Gasteiger partial charge on any atom is -0.490 e. The van der Waals surface area contributed by atoms with E-state index in [-0.39, 0.29) is 6.61 Å². The van der Waals surface area contributed by atoms with Crippen molar-refractivity contribution in [1.29, 1.82) is 0 Å². The molecule has 100 valence electrons. The van der Waals surface area contributed by atoms with Crippen LogP contribution >= 0.6 is 11.6 Å². The van der Waals surface area contributed by atoms with Gasteiger partial charge in [-0.3, -0.25) is 0 Å². The van der Waals surface area contributed by atoms with Crippen molar-refractivity contribution in [1.82, 2.24) is 0 Å². The fourth-order valence-electron chi connectivity index (χ4n) is 1.71. The number of rotatable bonds is 4.